The van der Waals surface area contributed by atoms with Crippen molar-refractivity contribution in [1.82, 2.24) is 15.4 Å². The van der Waals surface area contributed by atoms with E-state index >= 15 is 0 Å². The van der Waals surface area contributed by atoms with Gasteiger partial charge in [-0.1, -0.05) is 17.3 Å². The van der Waals surface area contributed by atoms with Crippen LogP contribution in [0.4, 0.5) is 0 Å². The third kappa shape index (κ3) is 3.33. The van der Waals surface area contributed by atoms with Crippen LogP contribution in [0.5, 0.6) is 0 Å². The van der Waals surface area contributed by atoms with Gasteiger partial charge in [0, 0.05) is 26.2 Å². The minimum Gasteiger partial charge on any atom is -0.361 e. The molecular formula is C16H19N3O3. The third-order valence-electron chi connectivity index (χ3n) is 3.32. The van der Waals surface area contributed by atoms with Gasteiger partial charge in [0.15, 0.2) is 0 Å². The Morgan fingerprint density at radius 1 is 1.18 bits per heavy atom. The van der Waals surface area contributed by atoms with Crippen LogP contribution in [0, 0.1) is 13.8 Å². The van der Waals surface area contributed by atoms with Crippen molar-refractivity contribution in [1.29, 1.82) is 0 Å². The molecule has 0 aliphatic carbocycles. The van der Waals surface area contributed by atoms with E-state index in [0.717, 1.165) is 5.56 Å². The highest BCUT2D eigenvalue weighted by atomic mass is 16.5. The molecule has 0 unspecified atom stereocenters. The first-order valence-corrected chi connectivity index (χ1v) is 6.92. The van der Waals surface area contributed by atoms with E-state index in [1.165, 1.54) is 4.90 Å². The number of nitrogens with zero attached hydrogens (tertiary/aromatic N) is 2. The summed E-state index contributed by atoms with van der Waals surface area (Å²) in [4.78, 5) is 25.4. The molecule has 6 heteroatoms. The number of aromatic nitrogens is 1. The van der Waals surface area contributed by atoms with Crippen LogP contribution in [0.1, 0.15) is 37.7 Å². The first kappa shape index (κ1) is 15.8. The molecule has 0 aliphatic heterocycles. The van der Waals surface area contributed by atoms with E-state index < -0.39 is 0 Å². The zero-order chi connectivity index (χ0) is 16.3. The van der Waals surface area contributed by atoms with Crippen LogP contribution in [0.3, 0.4) is 0 Å². The number of carbonyl (C=O) groups excluding carboxylic acids is 2. The molecule has 0 atom stereocenters. The van der Waals surface area contributed by atoms with Crippen LogP contribution in [0.25, 0.3) is 0 Å². The van der Waals surface area contributed by atoms with Crippen LogP contribution in [-0.4, -0.2) is 36.0 Å². The maximum atomic E-state index is 12.1. The van der Waals surface area contributed by atoms with Crippen LogP contribution in [-0.2, 0) is 6.54 Å². The molecule has 6 nitrogen and oxygen atoms in total. The van der Waals surface area contributed by atoms with Crippen molar-refractivity contribution in [2.45, 2.75) is 20.4 Å². The fourth-order valence-corrected chi connectivity index (χ4v) is 2.10. The summed E-state index contributed by atoms with van der Waals surface area (Å²) in [5.41, 5.74) is 2.57. The Labute approximate surface area is 129 Å². The molecule has 22 heavy (non-hydrogen) atoms. The summed E-state index contributed by atoms with van der Waals surface area (Å²) in [7, 11) is 3.42. The summed E-state index contributed by atoms with van der Waals surface area (Å²) in [5, 5.41) is 6.58. The number of amides is 2. The number of nitrogens with one attached hydrogen (secondary N) is 1. The van der Waals surface area contributed by atoms with E-state index in [0.29, 0.717) is 29.1 Å². The fraction of sp³-hybridized carbons (Fsp3) is 0.312. The Hall–Kier alpha value is -2.63. The molecule has 2 amide bonds. The lowest BCUT2D eigenvalue weighted by molar-refractivity contribution is 0.0827. The van der Waals surface area contributed by atoms with Crippen LogP contribution in [0.2, 0.25) is 0 Å². The molecule has 0 bridgehead atoms. The molecule has 0 radical (unpaired) electrons. The first-order valence-electron chi connectivity index (χ1n) is 6.92. The topological polar surface area (TPSA) is 75.4 Å². The Kier molecular flexibility index (Phi) is 4.60. The van der Waals surface area contributed by atoms with E-state index in [2.05, 4.69) is 10.5 Å². The Morgan fingerprint density at radius 3 is 2.32 bits per heavy atom. The quantitative estimate of drug-likeness (QED) is 0.936. The van der Waals surface area contributed by atoms with Crippen LogP contribution < -0.4 is 5.32 Å². The number of benzene rings is 1. The third-order valence-corrected chi connectivity index (χ3v) is 3.32. The second kappa shape index (κ2) is 6.43. The lowest BCUT2D eigenvalue weighted by Crippen LogP contribution is -2.24. The van der Waals surface area contributed by atoms with Crippen molar-refractivity contribution >= 4 is 11.8 Å². The fourth-order valence-electron chi connectivity index (χ4n) is 2.10. The molecule has 0 aliphatic rings. The van der Waals surface area contributed by atoms with Crippen molar-refractivity contribution in [2.24, 2.45) is 0 Å². The monoisotopic (exact) mass is 301 g/mol. The molecule has 1 aromatic carbocycles. The molecule has 1 aromatic heterocycles. The molecule has 2 rings (SSSR count). The zero-order valence-electron chi connectivity index (χ0n) is 13.1. The average molecular weight is 301 g/mol. The van der Waals surface area contributed by atoms with Crippen molar-refractivity contribution < 1.29 is 14.1 Å². The van der Waals surface area contributed by atoms with Crippen molar-refractivity contribution in [3.8, 4) is 0 Å². The molecular weight excluding hydrogens is 282 g/mol. The Bertz CT molecular complexity index is 668. The highest BCUT2D eigenvalue weighted by Gasteiger charge is 2.17. The largest absolute Gasteiger partial charge is 0.361 e. The van der Waals surface area contributed by atoms with Gasteiger partial charge >= 0.3 is 0 Å². The van der Waals surface area contributed by atoms with E-state index in [-0.39, 0.29) is 11.8 Å². The summed E-state index contributed by atoms with van der Waals surface area (Å²) in [6, 6.07) is 7.15. The highest BCUT2D eigenvalue weighted by Crippen LogP contribution is 2.12. The predicted octanol–water partition coefficient (Wildman–Crippen LogP) is 1.92. The van der Waals surface area contributed by atoms with Gasteiger partial charge in [0.25, 0.3) is 11.8 Å². The van der Waals surface area contributed by atoms with Crippen molar-refractivity contribution in [3.05, 3.63) is 52.4 Å². The van der Waals surface area contributed by atoms with Gasteiger partial charge < -0.3 is 14.7 Å². The van der Waals surface area contributed by atoms with Crippen LogP contribution in [0.15, 0.2) is 28.8 Å². The van der Waals surface area contributed by atoms with E-state index in [9.17, 15) is 9.59 Å². The van der Waals surface area contributed by atoms with E-state index in [1.807, 2.05) is 12.1 Å². The summed E-state index contributed by atoms with van der Waals surface area (Å²) in [6.07, 6.45) is 0. The molecule has 0 spiro atoms. The molecule has 116 valence electrons. The van der Waals surface area contributed by atoms with Gasteiger partial charge in [-0.15, -0.1) is 0 Å². The average Bonchev–Trinajstić information content (AvgIpc) is 2.83. The smallest absolute Gasteiger partial charge is 0.257 e. The summed E-state index contributed by atoms with van der Waals surface area (Å²) in [6.45, 7) is 3.81. The predicted molar refractivity (Wildman–Crippen MR) is 81.6 cm³/mol. The normalized spacial score (nSPS) is 10.4. The van der Waals surface area contributed by atoms with Gasteiger partial charge in [0.2, 0.25) is 0 Å². The molecule has 0 saturated heterocycles. The van der Waals surface area contributed by atoms with Gasteiger partial charge in [-0.25, -0.2) is 0 Å². The second-order valence-corrected chi connectivity index (χ2v) is 5.28. The van der Waals surface area contributed by atoms with Gasteiger partial charge in [0.1, 0.15) is 11.3 Å². The molecule has 2 aromatic rings. The zero-order valence-corrected chi connectivity index (χ0v) is 13.1. The standard InChI is InChI=1S/C16H19N3O3/c1-10-14(11(2)22-18-10)15(20)17-9-12-5-7-13(8-6-12)16(21)19(3)4/h5-8H,9H2,1-4H3,(H,17,20). The Balaban J connectivity index is 2.00. The lowest BCUT2D eigenvalue weighted by atomic mass is 10.1. The number of hydrogen-bond donors (Lipinski definition) is 1. The minimum absolute atomic E-state index is 0.0497. The van der Waals surface area contributed by atoms with Gasteiger partial charge in [-0.3, -0.25) is 9.59 Å². The molecule has 0 saturated carbocycles. The molecule has 1 heterocycles. The second-order valence-electron chi connectivity index (χ2n) is 5.28. The summed E-state index contributed by atoms with van der Waals surface area (Å²) in [5.74, 6) is 0.234. The number of aryl methyl sites for hydroxylation is 2. The maximum Gasteiger partial charge on any atom is 0.257 e. The number of carbonyl (C=O) groups is 2. The summed E-state index contributed by atoms with van der Waals surface area (Å²) < 4.78 is 4.98. The molecule has 0 fully saturated rings. The van der Waals surface area contributed by atoms with E-state index in [4.69, 9.17) is 4.52 Å². The maximum absolute atomic E-state index is 12.1. The Morgan fingerprint density at radius 2 is 1.82 bits per heavy atom. The first-order chi connectivity index (χ1) is 10.4. The van der Waals surface area contributed by atoms with Gasteiger partial charge in [-0.2, -0.15) is 0 Å². The number of rotatable bonds is 4. The van der Waals surface area contributed by atoms with Crippen LogP contribution >= 0.6 is 0 Å². The number of hydrogen-bond acceptors (Lipinski definition) is 4. The van der Waals surface area contributed by atoms with Gasteiger partial charge in [-0.05, 0) is 31.5 Å². The highest BCUT2D eigenvalue weighted by molar-refractivity contribution is 5.96. The van der Waals surface area contributed by atoms with Crippen molar-refractivity contribution in [3.63, 3.8) is 0 Å². The van der Waals surface area contributed by atoms with E-state index in [1.54, 1.807) is 40.1 Å². The molecule has 1 N–H and O–H groups in total. The van der Waals surface area contributed by atoms with Gasteiger partial charge in [0.05, 0.1) is 5.69 Å². The lowest BCUT2D eigenvalue weighted by Gasteiger charge is -2.10. The summed E-state index contributed by atoms with van der Waals surface area (Å²) >= 11 is 0. The minimum atomic E-state index is -0.218. The van der Waals surface area contributed by atoms with Crippen molar-refractivity contribution in [2.75, 3.05) is 14.1 Å². The SMILES string of the molecule is Cc1noc(C)c1C(=O)NCc1ccc(C(=O)N(C)C)cc1.